The lowest BCUT2D eigenvalue weighted by atomic mass is 10.0. The highest BCUT2D eigenvalue weighted by molar-refractivity contribution is 5.84. The summed E-state index contributed by atoms with van der Waals surface area (Å²) in [7, 11) is 0. The SMILES string of the molecule is O=C(C(NCc1ccccc1)c1ccc(C(F)(F)F)cc1)N1CCCC1c1ccccc1. The van der Waals surface area contributed by atoms with Crippen LogP contribution in [0.15, 0.2) is 84.9 Å². The number of hydrogen-bond donors (Lipinski definition) is 1. The van der Waals surface area contributed by atoms with Crippen LogP contribution in [0.4, 0.5) is 13.2 Å². The molecule has 2 atom stereocenters. The van der Waals surface area contributed by atoms with Gasteiger partial charge in [0, 0.05) is 13.1 Å². The molecule has 0 radical (unpaired) electrons. The highest BCUT2D eigenvalue weighted by Crippen LogP contribution is 2.35. The normalized spacial score (nSPS) is 17.3. The number of nitrogens with one attached hydrogen (secondary N) is 1. The Hall–Kier alpha value is -3.12. The molecule has 0 saturated carbocycles. The zero-order chi connectivity index (χ0) is 22.6. The zero-order valence-electron chi connectivity index (χ0n) is 17.6. The number of hydrogen-bond acceptors (Lipinski definition) is 2. The molecule has 3 nitrogen and oxygen atoms in total. The van der Waals surface area contributed by atoms with E-state index in [1.54, 1.807) is 0 Å². The smallest absolute Gasteiger partial charge is 0.334 e. The van der Waals surface area contributed by atoms with Crippen LogP contribution in [0.2, 0.25) is 0 Å². The minimum Gasteiger partial charge on any atom is -0.334 e. The summed E-state index contributed by atoms with van der Waals surface area (Å²) in [4.78, 5) is 15.5. The fourth-order valence-electron chi connectivity index (χ4n) is 4.25. The van der Waals surface area contributed by atoms with Crippen LogP contribution in [0.3, 0.4) is 0 Å². The van der Waals surface area contributed by atoms with Gasteiger partial charge in [-0.15, -0.1) is 0 Å². The predicted octanol–water partition coefficient (Wildman–Crippen LogP) is 5.90. The summed E-state index contributed by atoms with van der Waals surface area (Å²) < 4.78 is 39.1. The number of alkyl halides is 3. The van der Waals surface area contributed by atoms with Gasteiger partial charge in [-0.25, -0.2) is 0 Å². The molecule has 3 aromatic carbocycles. The third kappa shape index (κ3) is 5.02. The van der Waals surface area contributed by atoms with Crippen molar-refractivity contribution in [3.05, 3.63) is 107 Å². The second kappa shape index (κ2) is 9.57. The van der Waals surface area contributed by atoms with E-state index in [1.807, 2.05) is 65.6 Å². The summed E-state index contributed by atoms with van der Waals surface area (Å²) in [6, 6.07) is 23.6. The van der Waals surface area contributed by atoms with Crippen molar-refractivity contribution in [1.82, 2.24) is 10.2 Å². The molecule has 1 heterocycles. The Morgan fingerprint density at radius 2 is 1.56 bits per heavy atom. The summed E-state index contributed by atoms with van der Waals surface area (Å²) in [5.41, 5.74) is 1.88. The van der Waals surface area contributed by atoms with Gasteiger partial charge in [0.05, 0.1) is 11.6 Å². The van der Waals surface area contributed by atoms with Crippen LogP contribution in [-0.4, -0.2) is 17.4 Å². The van der Waals surface area contributed by atoms with E-state index in [9.17, 15) is 18.0 Å². The number of carbonyl (C=O) groups is 1. The average Bonchev–Trinajstić information content (AvgIpc) is 3.30. The van der Waals surface area contributed by atoms with E-state index in [1.165, 1.54) is 12.1 Å². The maximum atomic E-state index is 13.7. The lowest BCUT2D eigenvalue weighted by Gasteiger charge is -2.30. The minimum absolute atomic E-state index is 0.0285. The predicted molar refractivity (Wildman–Crippen MR) is 118 cm³/mol. The van der Waals surface area contributed by atoms with Gasteiger partial charge in [0.15, 0.2) is 0 Å². The zero-order valence-corrected chi connectivity index (χ0v) is 17.6. The Balaban J connectivity index is 1.61. The number of benzene rings is 3. The minimum atomic E-state index is -4.41. The molecule has 1 aliphatic rings. The molecule has 6 heteroatoms. The molecule has 1 N–H and O–H groups in total. The summed E-state index contributed by atoms with van der Waals surface area (Å²) in [6.45, 7) is 1.06. The van der Waals surface area contributed by atoms with Crippen molar-refractivity contribution in [1.29, 1.82) is 0 Å². The van der Waals surface area contributed by atoms with Gasteiger partial charge < -0.3 is 4.90 Å². The van der Waals surface area contributed by atoms with Crippen molar-refractivity contribution in [2.24, 2.45) is 0 Å². The second-order valence-corrected chi connectivity index (χ2v) is 8.02. The van der Waals surface area contributed by atoms with E-state index in [0.29, 0.717) is 18.7 Å². The van der Waals surface area contributed by atoms with Crippen LogP contribution in [0.5, 0.6) is 0 Å². The van der Waals surface area contributed by atoms with Crippen molar-refractivity contribution in [2.75, 3.05) is 6.54 Å². The molecular formula is C26H25F3N2O. The maximum Gasteiger partial charge on any atom is 0.416 e. The van der Waals surface area contributed by atoms with Gasteiger partial charge in [-0.05, 0) is 41.7 Å². The van der Waals surface area contributed by atoms with Crippen molar-refractivity contribution in [2.45, 2.75) is 37.6 Å². The van der Waals surface area contributed by atoms with Gasteiger partial charge in [0.1, 0.15) is 6.04 Å². The molecule has 1 saturated heterocycles. The quantitative estimate of drug-likeness (QED) is 0.520. The van der Waals surface area contributed by atoms with Gasteiger partial charge in [0.2, 0.25) is 5.91 Å². The Morgan fingerprint density at radius 1 is 0.938 bits per heavy atom. The Labute approximate surface area is 185 Å². The van der Waals surface area contributed by atoms with Crippen LogP contribution in [-0.2, 0) is 17.5 Å². The number of likely N-dealkylation sites (tertiary alicyclic amines) is 1. The van der Waals surface area contributed by atoms with Crippen LogP contribution in [0.25, 0.3) is 0 Å². The summed E-state index contributed by atoms with van der Waals surface area (Å²) in [5.74, 6) is -0.118. The lowest BCUT2D eigenvalue weighted by Crippen LogP contribution is -2.40. The first kappa shape index (κ1) is 22.1. The molecule has 1 amide bonds. The molecule has 2 unspecified atom stereocenters. The fourth-order valence-corrected chi connectivity index (χ4v) is 4.25. The molecule has 0 aromatic heterocycles. The topological polar surface area (TPSA) is 32.3 Å². The van der Waals surface area contributed by atoms with Gasteiger partial charge in [-0.1, -0.05) is 72.8 Å². The third-order valence-corrected chi connectivity index (χ3v) is 5.89. The van der Waals surface area contributed by atoms with E-state index in [-0.39, 0.29) is 11.9 Å². The number of halogens is 3. The molecule has 0 bridgehead atoms. The maximum absolute atomic E-state index is 13.7. The summed E-state index contributed by atoms with van der Waals surface area (Å²) >= 11 is 0. The fraction of sp³-hybridized carbons (Fsp3) is 0.269. The van der Waals surface area contributed by atoms with Crippen LogP contribution in [0, 0.1) is 0 Å². The van der Waals surface area contributed by atoms with E-state index < -0.39 is 17.8 Å². The average molecular weight is 438 g/mol. The summed E-state index contributed by atoms with van der Waals surface area (Å²) in [5, 5.41) is 3.29. The van der Waals surface area contributed by atoms with Gasteiger partial charge in [-0.3, -0.25) is 10.1 Å². The monoisotopic (exact) mass is 438 g/mol. The molecule has 0 aliphatic carbocycles. The van der Waals surface area contributed by atoms with E-state index in [4.69, 9.17) is 0 Å². The standard InChI is InChI=1S/C26H25F3N2O/c27-26(28,29)22-15-13-21(14-16-22)24(30-18-19-8-3-1-4-9-19)25(32)31-17-7-12-23(31)20-10-5-2-6-11-20/h1-6,8-11,13-16,23-24,30H,7,12,17-18H2. The van der Waals surface area contributed by atoms with Gasteiger partial charge in [-0.2, -0.15) is 13.2 Å². The van der Waals surface area contributed by atoms with E-state index >= 15 is 0 Å². The number of carbonyl (C=O) groups excluding carboxylic acids is 1. The van der Waals surface area contributed by atoms with Crippen LogP contribution < -0.4 is 5.32 Å². The van der Waals surface area contributed by atoms with Crippen LogP contribution in [0.1, 0.15) is 47.2 Å². The van der Waals surface area contributed by atoms with Gasteiger partial charge in [0.25, 0.3) is 0 Å². The van der Waals surface area contributed by atoms with Crippen molar-refractivity contribution < 1.29 is 18.0 Å². The van der Waals surface area contributed by atoms with E-state index in [2.05, 4.69) is 5.32 Å². The highest BCUT2D eigenvalue weighted by atomic mass is 19.4. The molecule has 166 valence electrons. The van der Waals surface area contributed by atoms with Crippen LogP contribution >= 0.6 is 0 Å². The third-order valence-electron chi connectivity index (χ3n) is 5.89. The van der Waals surface area contributed by atoms with Gasteiger partial charge >= 0.3 is 6.18 Å². The summed E-state index contributed by atoms with van der Waals surface area (Å²) in [6.07, 6.45) is -2.65. The first-order chi connectivity index (χ1) is 15.4. The molecule has 1 fully saturated rings. The molecule has 32 heavy (non-hydrogen) atoms. The first-order valence-corrected chi connectivity index (χ1v) is 10.7. The Kier molecular flexibility index (Phi) is 6.61. The highest BCUT2D eigenvalue weighted by Gasteiger charge is 2.35. The van der Waals surface area contributed by atoms with E-state index in [0.717, 1.165) is 36.1 Å². The Bertz CT molecular complexity index is 1020. The number of rotatable bonds is 6. The molecule has 4 rings (SSSR count). The number of amides is 1. The second-order valence-electron chi connectivity index (χ2n) is 8.02. The van der Waals surface area contributed by atoms with Crippen molar-refractivity contribution in [3.63, 3.8) is 0 Å². The lowest BCUT2D eigenvalue weighted by molar-refractivity contribution is -0.137. The number of nitrogens with zero attached hydrogens (tertiary/aromatic N) is 1. The Morgan fingerprint density at radius 3 is 2.19 bits per heavy atom. The molecule has 0 spiro atoms. The van der Waals surface area contributed by atoms with Crippen molar-refractivity contribution >= 4 is 5.91 Å². The molecular weight excluding hydrogens is 413 g/mol. The molecule has 1 aliphatic heterocycles. The largest absolute Gasteiger partial charge is 0.416 e. The van der Waals surface area contributed by atoms with Crippen molar-refractivity contribution in [3.8, 4) is 0 Å². The molecule has 3 aromatic rings. The first-order valence-electron chi connectivity index (χ1n) is 10.7.